The van der Waals surface area contributed by atoms with Crippen LogP contribution in [-0.4, -0.2) is 32.6 Å². The molecule has 0 bridgehead atoms. The molecule has 2 aromatic carbocycles. The van der Waals surface area contributed by atoms with Gasteiger partial charge in [0.05, 0.1) is 11.7 Å². The molecule has 0 radical (unpaired) electrons. The Morgan fingerprint density at radius 2 is 1.84 bits per heavy atom. The van der Waals surface area contributed by atoms with Crippen molar-refractivity contribution in [3.05, 3.63) is 60.2 Å². The van der Waals surface area contributed by atoms with Gasteiger partial charge in [0, 0.05) is 11.3 Å². The van der Waals surface area contributed by atoms with Crippen molar-refractivity contribution in [1.29, 1.82) is 0 Å². The van der Waals surface area contributed by atoms with Gasteiger partial charge in [0.15, 0.2) is 11.0 Å². The molecule has 1 aliphatic rings. The highest BCUT2D eigenvalue weighted by Gasteiger charge is 2.27. The van der Waals surface area contributed by atoms with Crippen LogP contribution in [0.2, 0.25) is 0 Å². The van der Waals surface area contributed by atoms with Crippen LogP contribution >= 0.6 is 11.8 Å². The number of rotatable bonds is 4. The van der Waals surface area contributed by atoms with Gasteiger partial charge in [-0.3, -0.25) is 9.36 Å². The van der Waals surface area contributed by atoms with Gasteiger partial charge in [-0.25, -0.2) is 0 Å². The maximum Gasteiger partial charge on any atom is 0.307 e. The maximum atomic E-state index is 11.4. The van der Waals surface area contributed by atoms with Gasteiger partial charge in [-0.15, -0.1) is 10.2 Å². The SMILES string of the molecule is Cc1ccc(-c2nnc(S[C@@H]3COC(=O)C3)n2-c2ccccc2)cc1. The molecule has 2 heterocycles. The number of ether oxygens (including phenoxy) is 1. The summed E-state index contributed by atoms with van der Waals surface area (Å²) in [6.45, 7) is 2.48. The summed E-state index contributed by atoms with van der Waals surface area (Å²) < 4.78 is 7.11. The average Bonchev–Trinajstić information content (AvgIpc) is 3.23. The Bertz CT molecular complexity index is 891. The second-order valence-electron chi connectivity index (χ2n) is 5.97. The smallest absolute Gasteiger partial charge is 0.307 e. The molecule has 1 aromatic heterocycles. The molecule has 1 saturated heterocycles. The monoisotopic (exact) mass is 351 g/mol. The quantitative estimate of drug-likeness (QED) is 0.672. The first-order chi connectivity index (χ1) is 12.2. The first-order valence-electron chi connectivity index (χ1n) is 8.11. The summed E-state index contributed by atoms with van der Waals surface area (Å²) in [5.41, 5.74) is 3.20. The Labute approximate surface area is 150 Å². The molecule has 0 unspecified atom stereocenters. The topological polar surface area (TPSA) is 57.0 Å². The van der Waals surface area contributed by atoms with Crippen molar-refractivity contribution < 1.29 is 9.53 Å². The Kier molecular flexibility index (Phi) is 4.28. The number of benzene rings is 2. The Morgan fingerprint density at radius 1 is 1.08 bits per heavy atom. The third-order valence-corrected chi connectivity index (χ3v) is 5.17. The number of cyclic esters (lactones) is 1. The van der Waals surface area contributed by atoms with E-state index in [1.807, 2.05) is 34.9 Å². The van der Waals surface area contributed by atoms with Crippen LogP contribution in [0.25, 0.3) is 17.1 Å². The first-order valence-corrected chi connectivity index (χ1v) is 8.99. The van der Waals surface area contributed by atoms with E-state index in [0.717, 1.165) is 22.2 Å². The predicted octanol–water partition coefficient (Wildman–Crippen LogP) is 3.65. The van der Waals surface area contributed by atoms with Crippen LogP contribution in [0.4, 0.5) is 0 Å². The zero-order valence-electron chi connectivity index (χ0n) is 13.8. The van der Waals surface area contributed by atoms with Gasteiger partial charge < -0.3 is 4.74 Å². The van der Waals surface area contributed by atoms with Crippen LogP contribution in [0, 0.1) is 6.92 Å². The van der Waals surface area contributed by atoms with E-state index in [9.17, 15) is 4.79 Å². The van der Waals surface area contributed by atoms with Gasteiger partial charge in [0.25, 0.3) is 0 Å². The highest BCUT2D eigenvalue weighted by atomic mass is 32.2. The van der Waals surface area contributed by atoms with Crippen molar-refractivity contribution in [2.75, 3.05) is 6.61 Å². The van der Waals surface area contributed by atoms with Gasteiger partial charge >= 0.3 is 5.97 Å². The number of aryl methyl sites for hydroxylation is 1. The van der Waals surface area contributed by atoms with E-state index in [1.54, 1.807) is 0 Å². The van der Waals surface area contributed by atoms with Crippen molar-refractivity contribution in [3.63, 3.8) is 0 Å². The van der Waals surface area contributed by atoms with Crippen molar-refractivity contribution in [2.24, 2.45) is 0 Å². The average molecular weight is 351 g/mol. The Hall–Kier alpha value is -2.60. The lowest BCUT2D eigenvalue weighted by Gasteiger charge is -2.11. The minimum Gasteiger partial charge on any atom is -0.464 e. The van der Waals surface area contributed by atoms with E-state index < -0.39 is 0 Å². The van der Waals surface area contributed by atoms with Crippen LogP contribution in [0.3, 0.4) is 0 Å². The molecule has 5 nitrogen and oxygen atoms in total. The van der Waals surface area contributed by atoms with Crippen LogP contribution < -0.4 is 0 Å². The van der Waals surface area contributed by atoms with Crippen LogP contribution in [0.5, 0.6) is 0 Å². The summed E-state index contributed by atoms with van der Waals surface area (Å²) in [5, 5.41) is 9.65. The van der Waals surface area contributed by atoms with Crippen molar-refractivity contribution in [3.8, 4) is 17.1 Å². The van der Waals surface area contributed by atoms with Crippen LogP contribution in [0.15, 0.2) is 59.8 Å². The Morgan fingerprint density at radius 3 is 2.52 bits per heavy atom. The lowest BCUT2D eigenvalue weighted by molar-refractivity contribution is -0.137. The van der Waals surface area contributed by atoms with E-state index in [0.29, 0.717) is 13.0 Å². The van der Waals surface area contributed by atoms with Crippen molar-refractivity contribution in [2.45, 2.75) is 23.8 Å². The van der Waals surface area contributed by atoms with Gasteiger partial charge in [0.2, 0.25) is 0 Å². The van der Waals surface area contributed by atoms with E-state index in [4.69, 9.17) is 4.74 Å². The summed E-state index contributed by atoms with van der Waals surface area (Å²) >= 11 is 1.54. The molecule has 0 amide bonds. The van der Waals surface area contributed by atoms with Gasteiger partial charge in [-0.1, -0.05) is 59.8 Å². The molecular formula is C19H17N3O2S. The minimum absolute atomic E-state index is 0.0741. The summed E-state index contributed by atoms with van der Waals surface area (Å²) in [6.07, 6.45) is 0.409. The molecule has 126 valence electrons. The van der Waals surface area contributed by atoms with E-state index >= 15 is 0 Å². The summed E-state index contributed by atoms with van der Waals surface area (Å²) in [5.74, 6) is 0.640. The molecule has 0 N–H and O–H groups in total. The number of aromatic nitrogens is 3. The zero-order valence-corrected chi connectivity index (χ0v) is 14.6. The van der Waals surface area contributed by atoms with Crippen LogP contribution in [0.1, 0.15) is 12.0 Å². The van der Waals surface area contributed by atoms with Gasteiger partial charge in [0.1, 0.15) is 6.61 Å². The second kappa shape index (κ2) is 6.72. The van der Waals surface area contributed by atoms with Crippen LogP contribution in [-0.2, 0) is 9.53 Å². The number of carbonyl (C=O) groups excluding carboxylic acids is 1. The number of hydrogen-bond donors (Lipinski definition) is 0. The van der Waals surface area contributed by atoms with Crippen molar-refractivity contribution in [1.82, 2.24) is 14.8 Å². The molecular weight excluding hydrogens is 334 g/mol. The van der Waals surface area contributed by atoms with E-state index in [1.165, 1.54) is 17.3 Å². The maximum absolute atomic E-state index is 11.4. The fraction of sp³-hybridized carbons (Fsp3) is 0.211. The molecule has 3 aromatic rings. The number of thioether (sulfide) groups is 1. The normalized spacial score (nSPS) is 16.8. The summed E-state index contributed by atoms with van der Waals surface area (Å²) in [6, 6.07) is 18.3. The lowest BCUT2D eigenvalue weighted by atomic mass is 10.1. The molecule has 0 spiro atoms. The number of carbonyl (C=O) groups is 1. The number of nitrogens with zero attached hydrogens (tertiary/aromatic N) is 3. The highest BCUT2D eigenvalue weighted by molar-refractivity contribution is 7.99. The molecule has 4 rings (SSSR count). The largest absolute Gasteiger partial charge is 0.464 e. The molecule has 0 aliphatic carbocycles. The number of para-hydroxylation sites is 1. The first kappa shape index (κ1) is 15.9. The molecule has 1 fully saturated rings. The fourth-order valence-electron chi connectivity index (χ4n) is 2.76. The number of hydrogen-bond acceptors (Lipinski definition) is 5. The zero-order chi connectivity index (χ0) is 17.2. The third kappa shape index (κ3) is 3.30. The van der Waals surface area contributed by atoms with Gasteiger partial charge in [-0.2, -0.15) is 0 Å². The lowest BCUT2D eigenvalue weighted by Crippen LogP contribution is -2.05. The Balaban J connectivity index is 1.76. The fourth-order valence-corrected chi connectivity index (χ4v) is 3.80. The van der Waals surface area contributed by atoms with Gasteiger partial charge in [-0.05, 0) is 19.1 Å². The highest BCUT2D eigenvalue weighted by Crippen LogP contribution is 2.33. The molecule has 1 atom stereocenters. The van der Waals surface area contributed by atoms with E-state index in [-0.39, 0.29) is 11.2 Å². The predicted molar refractivity (Wildman–Crippen MR) is 96.8 cm³/mol. The second-order valence-corrected chi connectivity index (χ2v) is 7.24. The third-order valence-electron chi connectivity index (χ3n) is 4.05. The molecule has 25 heavy (non-hydrogen) atoms. The standard InChI is InChI=1S/C19H17N3O2S/c1-13-7-9-14(10-8-13)18-20-21-19(25-16-11-17(23)24-12-16)22(18)15-5-3-2-4-6-15/h2-10,16H,11-12H2,1H3/t16-/m0/s1. The molecule has 1 aliphatic heterocycles. The summed E-state index contributed by atoms with van der Waals surface area (Å²) in [7, 11) is 0. The van der Waals surface area contributed by atoms with Crippen molar-refractivity contribution >= 4 is 17.7 Å². The minimum atomic E-state index is -0.151. The molecule has 0 saturated carbocycles. The van der Waals surface area contributed by atoms with E-state index in [2.05, 4.69) is 41.4 Å². The number of esters is 1. The summed E-state index contributed by atoms with van der Waals surface area (Å²) in [4.78, 5) is 11.4. The molecule has 6 heteroatoms.